The highest BCUT2D eigenvalue weighted by molar-refractivity contribution is 9.10. The molecule has 1 heterocycles. The first-order chi connectivity index (χ1) is 7.50. The van der Waals surface area contributed by atoms with E-state index in [2.05, 4.69) is 21.2 Å². The van der Waals surface area contributed by atoms with Gasteiger partial charge in [-0.25, -0.2) is 8.42 Å². The molecule has 0 amide bonds. The standard InChI is InChI=1S/C11H14BrNO2S/c1-8-11(13-5-6-16(8,14)15)9-3-2-4-10(12)7-9/h2-4,7-8,11,13H,5-6H2,1H3. The van der Waals surface area contributed by atoms with E-state index >= 15 is 0 Å². The Kier molecular flexibility index (Phi) is 3.37. The van der Waals surface area contributed by atoms with Crippen molar-refractivity contribution in [1.82, 2.24) is 5.32 Å². The minimum Gasteiger partial charge on any atom is -0.308 e. The molecule has 0 aromatic heterocycles. The van der Waals surface area contributed by atoms with Gasteiger partial charge in [-0.05, 0) is 24.6 Å². The molecule has 0 aliphatic carbocycles. The maximum atomic E-state index is 11.8. The monoisotopic (exact) mass is 303 g/mol. The van der Waals surface area contributed by atoms with Crippen LogP contribution in [0.4, 0.5) is 0 Å². The summed E-state index contributed by atoms with van der Waals surface area (Å²) in [5.41, 5.74) is 1.02. The Morgan fingerprint density at radius 3 is 2.88 bits per heavy atom. The highest BCUT2D eigenvalue weighted by Gasteiger charge is 2.33. The predicted molar refractivity (Wildman–Crippen MR) is 68.1 cm³/mol. The van der Waals surface area contributed by atoms with Crippen molar-refractivity contribution in [3.05, 3.63) is 34.3 Å². The van der Waals surface area contributed by atoms with Crippen LogP contribution >= 0.6 is 15.9 Å². The Morgan fingerprint density at radius 1 is 1.44 bits per heavy atom. The van der Waals surface area contributed by atoms with Crippen LogP contribution in [-0.2, 0) is 9.84 Å². The van der Waals surface area contributed by atoms with Gasteiger partial charge >= 0.3 is 0 Å². The first kappa shape index (κ1) is 12.1. The molecular weight excluding hydrogens is 290 g/mol. The summed E-state index contributed by atoms with van der Waals surface area (Å²) in [5.74, 6) is 0.235. The topological polar surface area (TPSA) is 46.2 Å². The Bertz CT molecular complexity index is 487. The van der Waals surface area contributed by atoms with Gasteiger partial charge in [0.1, 0.15) is 0 Å². The van der Waals surface area contributed by atoms with Crippen molar-refractivity contribution in [3.8, 4) is 0 Å². The molecule has 3 nitrogen and oxygen atoms in total. The number of benzene rings is 1. The third kappa shape index (κ3) is 2.31. The summed E-state index contributed by atoms with van der Waals surface area (Å²) < 4.78 is 24.6. The second kappa shape index (κ2) is 4.47. The molecule has 88 valence electrons. The molecule has 1 fully saturated rings. The number of rotatable bonds is 1. The van der Waals surface area contributed by atoms with Crippen LogP contribution in [0.3, 0.4) is 0 Å². The number of halogens is 1. The van der Waals surface area contributed by atoms with Crippen LogP contribution < -0.4 is 5.32 Å². The van der Waals surface area contributed by atoms with Crippen molar-refractivity contribution in [2.45, 2.75) is 18.2 Å². The first-order valence-electron chi connectivity index (χ1n) is 5.21. The number of nitrogens with one attached hydrogen (secondary N) is 1. The molecule has 0 saturated carbocycles. The number of sulfone groups is 1. The molecule has 1 aliphatic rings. The second-order valence-corrected chi connectivity index (χ2v) is 7.45. The molecule has 2 rings (SSSR count). The maximum absolute atomic E-state index is 11.8. The van der Waals surface area contributed by atoms with Crippen molar-refractivity contribution >= 4 is 25.8 Å². The van der Waals surface area contributed by atoms with E-state index in [4.69, 9.17) is 0 Å². The molecule has 1 aliphatic heterocycles. The van der Waals surface area contributed by atoms with Gasteiger partial charge in [0.2, 0.25) is 0 Å². The molecule has 2 unspecified atom stereocenters. The zero-order valence-corrected chi connectivity index (χ0v) is 11.4. The zero-order valence-electron chi connectivity index (χ0n) is 8.98. The molecule has 1 aromatic carbocycles. The third-order valence-electron chi connectivity index (χ3n) is 2.99. The lowest BCUT2D eigenvalue weighted by Crippen LogP contribution is -2.45. The fourth-order valence-electron chi connectivity index (χ4n) is 2.00. The Balaban J connectivity index is 2.34. The molecule has 1 aromatic rings. The molecule has 16 heavy (non-hydrogen) atoms. The molecule has 0 radical (unpaired) electrons. The van der Waals surface area contributed by atoms with Crippen LogP contribution in [0.5, 0.6) is 0 Å². The predicted octanol–water partition coefficient (Wildman–Crippen LogP) is 1.90. The van der Waals surface area contributed by atoms with E-state index in [0.29, 0.717) is 6.54 Å². The molecule has 2 atom stereocenters. The molecule has 5 heteroatoms. The second-order valence-electron chi connectivity index (χ2n) is 4.06. The van der Waals surface area contributed by atoms with E-state index in [1.54, 1.807) is 6.92 Å². The van der Waals surface area contributed by atoms with Gasteiger partial charge in [0.05, 0.1) is 11.0 Å². The lowest BCUT2D eigenvalue weighted by molar-refractivity contribution is 0.483. The van der Waals surface area contributed by atoms with Crippen LogP contribution in [0, 0.1) is 0 Å². The van der Waals surface area contributed by atoms with E-state index in [0.717, 1.165) is 10.0 Å². The van der Waals surface area contributed by atoms with Crippen molar-refractivity contribution in [1.29, 1.82) is 0 Å². The largest absolute Gasteiger partial charge is 0.308 e. The van der Waals surface area contributed by atoms with Gasteiger partial charge < -0.3 is 5.32 Å². The maximum Gasteiger partial charge on any atom is 0.156 e. The fourth-order valence-corrected chi connectivity index (χ4v) is 3.86. The zero-order chi connectivity index (χ0) is 11.8. The minimum absolute atomic E-state index is 0.101. The lowest BCUT2D eigenvalue weighted by atomic mass is 10.0. The van der Waals surface area contributed by atoms with E-state index in [9.17, 15) is 8.42 Å². The SMILES string of the molecule is CC1C(c2cccc(Br)c2)NCCS1(=O)=O. The molecule has 1 saturated heterocycles. The first-order valence-corrected chi connectivity index (χ1v) is 7.72. The Labute approximate surface area is 104 Å². The van der Waals surface area contributed by atoms with Gasteiger partial charge in [-0.15, -0.1) is 0 Å². The summed E-state index contributed by atoms with van der Waals surface area (Å²) in [5, 5.41) is 2.90. The third-order valence-corrected chi connectivity index (χ3v) is 5.67. The normalized spacial score (nSPS) is 28.9. The van der Waals surface area contributed by atoms with Gasteiger partial charge in [-0.3, -0.25) is 0 Å². The minimum atomic E-state index is -2.95. The summed E-state index contributed by atoms with van der Waals surface area (Å²) in [6, 6.07) is 7.69. The lowest BCUT2D eigenvalue weighted by Gasteiger charge is -2.30. The fraction of sp³-hybridized carbons (Fsp3) is 0.455. The Hall–Kier alpha value is -0.390. The molecule has 0 spiro atoms. The molecular formula is C11H14BrNO2S. The van der Waals surface area contributed by atoms with Gasteiger partial charge in [0, 0.05) is 17.1 Å². The van der Waals surface area contributed by atoms with Gasteiger partial charge in [0.15, 0.2) is 9.84 Å². The van der Waals surface area contributed by atoms with E-state index < -0.39 is 9.84 Å². The van der Waals surface area contributed by atoms with Crippen LogP contribution in [0.2, 0.25) is 0 Å². The highest BCUT2D eigenvalue weighted by atomic mass is 79.9. The van der Waals surface area contributed by atoms with Gasteiger partial charge in [0.25, 0.3) is 0 Å². The van der Waals surface area contributed by atoms with Crippen molar-refractivity contribution in [2.24, 2.45) is 0 Å². The van der Waals surface area contributed by atoms with Crippen molar-refractivity contribution in [2.75, 3.05) is 12.3 Å². The van der Waals surface area contributed by atoms with Gasteiger partial charge in [-0.1, -0.05) is 28.1 Å². The summed E-state index contributed by atoms with van der Waals surface area (Å²) in [4.78, 5) is 0. The molecule has 0 bridgehead atoms. The summed E-state index contributed by atoms with van der Waals surface area (Å²) in [6.45, 7) is 2.30. The van der Waals surface area contributed by atoms with Crippen molar-refractivity contribution in [3.63, 3.8) is 0 Å². The molecule has 1 N–H and O–H groups in total. The Morgan fingerprint density at radius 2 is 2.19 bits per heavy atom. The number of hydrogen-bond acceptors (Lipinski definition) is 3. The average molecular weight is 304 g/mol. The van der Waals surface area contributed by atoms with Crippen LogP contribution in [0.15, 0.2) is 28.7 Å². The quantitative estimate of drug-likeness (QED) is 0.862. The van der Waals surface area contributed by atoms with E-state index in [1.165, 1.54) is 0 Å². The van der Waals surface area contributed by atoms with Crippen LogP contribution in [0.1, 0.15) is 18.5 Å². The van der Waals surface area contributed by atoms with E-state index in [-0.39, 0.29) is 17.0 Å². The van der Waals surface area contributed by atoms with Crippen LogP contribution in [0.25, 0.3) is 0 Å². The summed E-state index contributed by atoms with van der Waals surface area (Å²) in [6.07, 6.45) is 0. The van der Waals surface area contributed by atoms with Gasteiger partial charge in [-0.2, -0.15) is 0 Å². The number of hydrogen-bond donors (Lipinski definition) is 1. The van der Waals surface area contributed by atoms with Crippen molar-refractivity contribution < 1.29 is 8.42 Å². The summed E-state index contributed by atoms with van der Waals surface area (Å²) >= 11 is 3.40. The van der Waals surface area contributed by atoms with E-state index in [1.807, 2.05) is 24.3 Å². The summed E-state index contributed by atoms with van der Waals surface area (Å²) in [7, 11) is -2.95. The smallest absolute Gasteiger partial charge is 0.156 e. The average Bonchev–Trinajstić information content (AvgIpc) is 2.22. The van der Waals surface area contributed by atoms with Crippen LogP contribution in [-0.4, -0.2) is 26.0 Å². The highest BCUT2D eigenvalue weighted by Crippen LogP contribution is 2.27.